The number of hydrogen-bond acceptors (Lipinski definition) is 4. The molecule has 0 aromatic heterocycles. The number of primary amides is 1. The highest BCUT2D eigenvalue weighted by molar-refractivity contribution is 5.94. The van der Waals surface area contributed by atoms with Crippen molar-refractivity contribution < 1.29 is 14.4 Å². The van der Waals surface area contributed by atoms with Crippen LogP contribution in [-0.2, 0) is 9.59 Å². The van der Waals surface area contributed by atoms with Crippen molar-refractivity contribution >= 4 is 17.8 Å². The first-order valence-electron chi connectivity index (χ1n) is 6.12. The minimum Gasteiger partial charge on any atom is -0.351 e. The molecule has 1 fully saturated rings. The van der Waals surface area contributed by atoms with E-state index in [0.29, 0.717) is 0 Å². The standard InChI is InChI=1S/C11H20N4O3/c1-8(13-7-9(16)14-11(12)18)10(17)15-5-3-2-4-6-15/h8,13H,2-7H2,1H3,(H3,12,14,16,18). The highest BCUT2D eigenvalue weighted by Crippen LogP contribution is 2.09. The van der Waals surface area contributed by atoms with E-state index in [1.54, 1.807) is 11.8 Å². The van der Waals surface area contributed by atoms with Gasteiger partial charge in [-0.2, -0.15) is 0 Å². The Bertz CT molecular complexity index is 326. The second-order valence-electron chi connectivity index (χ2n) is 4.40. The van der Waals surface area contributed by atoms with E-state index in [1.807, 2.05) is 5.32 Å². The number of amides is 4. The van der Waals surface area contributed by atoms with Crippen LogP contribution in [0.2, 0.25) is 0 Å². The Morgan fingerprint density at radius 3 is 2.39 bits per heavy atom. The molecule has 0 bridgehead atoms. The number of nitrogens with zero attached hydrogens (tertiary/aromatic N) is 1. The Morgan fingerprint density at radius 2 is 1.83 bits per heavy atom. The number of hydrogen-bond donors (Lipinski definition) is 3. The predicted octanol–water partition coefficient (Wildman–Crippen LogP) is -0.828. The van der Waals surface area contributed by atoms with Crippen LogP contribution >= 0.6 is 0 Å². The van der Waals surface area contributed by atoms with Gasteiger partial charge >= 0.3 is 6.03 Å². The molecular formula is C11H20N4O3. The normalized spacial score (nSPS) is 17.1. The number of carbonyl (C=O) groups excluding carboxylic acids is 3. The third-order valence-corrected chi connectivity index (χ3v) is 2.87. The number of nitrogens with two attached hydrogens (primary N) is 1. The zero-order valence-corrected chi connectivity index (χ0v) is 10.6. The lowest BCUT2D eigenvalue weighted by Gasteiger charge is -2.29. The van der Waals surface area contributed by atoms with Crippen molar-refractivity contribution in [3.05, 3.63) is 0 Å². The number of nitrogens with one attached hydrogen (secondary N) is 2. The van der Waals surface area contributed by atoms with Crippen LogP contribution in [0.4, 0.5) is 4.79 Å². The van der Waals surface area contributed by atoms with Gasteiger partial charge in [-0.25, -0.2) is 4.79 Å². The summed E-state index contributed by atoms with van der Waals surface area (Å²) in [5, 5.41) is 4.70. The molecule has 0 radical (unpaired) electrons. The Labute approximate surface area is 106 Å². The van der Waals surface area contributed by atoms with E-state index < -0.39 is 18.0 Å². The van der Waals surface area contributed by atoms with Gasteiger partial charge in [-0.1, -0.05) is 0 Å². The summed E-state index contributed by atoms with van der Waals surface area (Å²) in [5.74, 6) is -0.553. The fourth-order valence-electron chi connectivity index (χ4n) is 1.90. The van der Waals surface area contributed by atoms with Gasteiger partial charge < -0.3 is 10.6 Å². The van der Waals surface area contributed by atoms with Gasteiger partial charge in [0.05, 0.1) is 12.6 Å². The molecular weight excluding hydrogens is 236 g/mol. The van der Waals surface area contributed by atoms with E-state index in [1.165, 1.54) is 0 Å². The van der Waals surface area contributed by atoms with Crippen LogP contribution in [0.3, 0.4) is 0 Å². The molecule has 18 heavy (non-hydrogen) atoms. The van der Waals surface area contributed by atoms with Gasteiger partial charge in [0, 0.05) is 13.1 Å². The lowest BCUT2D eigenvalue weighted by molar-refractivity contribution is -0.134. The van der Waals surface area contributed by atoms with Crippen molar-refractivity contribution in [1.29, 1.82) is 0 Å². The Morgan fingerprint density at radius 1 is 1.22 bits per heavy atom. The molecule has 1 heterocycles. The lowest BCUT2D eigenvalue weighted by Crippen LogP contribution is -2.50. The van der Waals surface area contributed by atoms with E-state index in [0.717, 1.165) is 32.4 Å². The Kier molecular flexibility index (Phi) is 5.57. The second-order valence-corrected chi connectivity index (χ2v) is 4.40. The number of carbonyl (C=O) groups is 3. The predicted molar refractivity (Wildman–Crippen MR) is 65.6 cm³/mol. The van der Waals surface area contributed by atoms with Crippen LogP contribution in [0.1, 0.15) is 26.2 Å². The average Bonchev–Trinajstić information content (AvgIpc) is 2.35. The molecule has 1 aliphatic heterocycles. The maximum absolute atomic E-state index is 12.0. The van der Waals surface area contributed by atoms with E-state index in [4.69, 9.17) is 5.73 Å². The molecule has 0 aromatic carbocycles. The minimum atomic E-state index is -0.892. The van der Waals surface area contributed by atoms with Gasteiger partial charge in [-0.15, -0.1) is 0 Å². The van der Waals surface area contributed by atoms with Crippen molar-refractivity contribution in [2.75, 3.05) is 19.6 Å². The first-order valence-corrected chi connectivity index (χ1v) is 6.12. The molecule has 0 spiro atoms. The molecule has 1 rings (SSSR count). The van der Waals surface area contributed by atoms with E-state index in [9.17, 15) is 14.4 Å². The molecule has 0 aliphatic carbocycles. The number of imide groups is 1. The molecule has 1 unspecified atom stereocenters. The fourth-order valence-corrected chi connectivity index (χ4v) is 1.90. The molecule has 1 aliphatic rings. The quantitative estimate of drug-likeness (QED) is 0.610. The first-order chi connectivity index (χ1) is 8.50. The first kappa shape index (κ1) is 14.4. The molecule has 1 atom stereocenters. The smallest absolute Gasteiger partial charge is 0.318 e. The van der Waals surface area contributed by atoms with Gasteiger partial charge in [0.2, 0.25) is 11.8 Å². The molecule has 1 saturated heterocycles. The minimum absolute atomic E-state index is 0.0124. The maximum atomic E-state index is 12.0. The zero-order chi connectivity index (χ0) is 13.5. The van der Waals surface area contributed by atoms with Crippen LogP contribution in [0, 0.1) is 0 Å². The molecule has 7 nitrogen and oxygen atoms in total. The highest BCUT2D eigenvalue weighted by Gasteiger charge is 2.22. The summed E-state index contributed by atoms with van der Waals surface area (Å²) in [6.07, 6.45) is 3.22. The molecule has 102 valence electrons. The summed E-state index contributed by atoms with van der Waals surface area (Å²) in [6.45, 7) is 3.15. The van der Waals surface area contributed by atoms with Crippen molar-refractivity contribution in [3.8, 4) is 0 Å². The summed E-state index contributed by atoms with van der Waals surface area (Å²) < 4.78 is 0. The third kappa shape index (κ3) is 4.70. The number of likely N-dealkylation sites (tertiary alicyclic amines) is 1. The van der Waals surface area contributed by atoms with Crippen LogP contribution in [0.25, 0.3) is 0 Å². The summed E-state index contributed by atoms with van der Waals surface area (Å²) >= 11 is 0. The third-order valence-electron chi connectivity index (χ3n) is 2.87. The number of piperidine rings is 1. The topological polar surface area (TPSA) is 105 Å². The second kappa shape index (κ2) is 6.95. The van der Waals surface area contributed by atoms with Crippen LogP contribution < -0.4 is 16.4 Å². The SMILES string of the molecule is CC(NCC(=O)NC(N)=O)C(=O)N1CCCCC1. The summed E-state index contributed by atoms with van der Waals surface area (Å²) in [5.41, 5.74) is 4.80. The Hall–Kier alpha value is -1.63. The highest BCUT2D eigenvalue weighted by atomic mass is 16.2. The molecule has 4 N–H and O–H groups in total. The van der Waals surface area contributed by atoms with Crippen LogP contribution in [0.5, 0.6) is 0 Å². The van der Waals surface area contributed by atoms with Crippen molar-refractivity contribution in [1.82, 2.24) is 15.5 Å². The van der Waals surface area contributed by atoms with E-state index in [-0.39, 0.29) is 12.5 Å². The lowest BCUT2D eigenvalue weighted by atomic mass is 10.1. The van der Waals surface area contributed by atoms with E-state index >= 15 is 0 Å². The number of rotatable bonds is 4. The fraction of sp³-hybridized carbons (Fsp3) is 0.727. The van der Waals surface area contributed by atoms with Gasteiger partial charge in [0.1, 0.15) is 0 Å². The van der Waals surface area contributed by atoms with Gasteiger partial charge in [-0.3, -0.25) is 20.2 Å². The van der Waals surface area contributed by atoms with Crippen LogP contribution in [0.15, 0.2) is 0 Å². The van der Waals surface area contributed by atoms with E-state index in [2.05, 4.69) is 5.32 Å². The summed E-state index contributed by atoms with van der Waals surface area (Å²) in [6, 6.07) is -1.33. The number of urea groups is 1. The Balaban J connectivity index is 2.30. The average molecular weight is 256 g/mol. The van der Waals surface area contributed by atoms with Crippen molar-refractivity contribution in [2.24, 2.45) is 5.73 Å². The van der Waals surface area contributed by atoms with Gasteiger partial charge in [-0.05, 0) is 26.2 Å². The maximum Gasteiger partial charge on any atom is 0.318 e. The van der Waals surface area contributed by atoms with Gasteiger partial charge in [0.25, 0.3) is 0 Å². The summed E-state index contributed by atoms with van der Waals surface area (Å²) in [7, 11) is 0. The summed E-state index contributed by atoms with van der Waals surface area (Å²) in [4.78, 5) is 35.4. The van der Waals surface area contributed by atoms with Crippen molar-refractivity contribution in [2.45, 2.75) is 32.2 Å². The molecule has 7 heteroatoms. The van der Waals surface area contributed by atoms with Crippen LogP contribution in [-0.4, -0.2) is 48.4 Å². The largest absolute Gasteiger partial charge is 0.351 e. The molecule has 4 amide bonds. The van der Waals surface area contributed by atoms with Crippen molar-refractivity contribution in [3.63, 3.8) is 0 Å². The zero-order valence-electron chi connectivity index (χ0n) is 10.6. The molecule has 0 saturated carbocycles. The molecule has 0 aromatic rings. The van der Waals surface area contributed by atoms with Gasteiger partial charge in [0.15, 0.2) is 0 Å². The monoisotopic (exact) mass is 256 g/mol.